The lowest BCUT2D eigenvalue weighted by Gasteiger charge is -2.34. The highest BCUT2D eigenvalue weighted by Gasteiger charge is 2.38. The number of nitrogens with one attached hydrogen (secondary N) is 1. The number of amides is 1. The van der Waals surface area contributed by atoms with Gasteiger partial charge in [0.25, 0.3) is 0 Å². The lowest BCUT2D eigenvalue weighted by atomic mass is 9.79. The van der Waals surface area contributed by atoms with Crippen LogP contribution < -0.4 is 11.1 Å². The molecule has 0 unspecified atom stereocenters. The first-order chi connectivity index (χ1) is 12.2. The Kier molecular flexibility index (Phi) is 6.45. The highest BCUT2D eigenvalue weighted by Crippen LogP contribution is 2.31. The van der Waals surface area contributed by atoms with E-state index in [2.05, 4.69) is 22.3 Å². The van der Waals surface area contributed by atoms with Crippen molar-refractivity contribution in [1.82, 2.24) is 4.90 Å². The largest absolute Gasteiger partial charge is 0.381 e. The van der Waals surface area contributed by atoms with Crippen LogP contribution in [0.15, 0.2) is 24.3 Å². The van der Waals surface area contributed by atoms with Gasteiger partial charge in [0.1, 0.15) is 0 Å². The molecule has 5 heteroatoms. The van der Waals surface area contributed by atoms with Crippen molar-refractivity contribution in [2.24, 2.45) is 11.1 Å². The Morgan fingerprint density at radius 1 is 1.12 bits per heavy atom. The molecule has 2 saturated heterocycles. The van der Waals surface area contributed by atoms with E-state index in [4.69, 9.17) is 10.5 Å². The maximum Gasteiger partial charge on any atom is 0.232 e. The standard InChI is InChI=1S/C20H31N3O2/c21-16-20(9-14-25-15-10-20)19(24)22-18-6-4-17(5-7-18)8-13-23-11-2-1-3-12-23/h4-7H,1-3,8-16,21H2,(H,22,24). The number of hydrogen-bond donors (Lipinski definition) is 2. The minimum absolute atomic E-state index is 0.0272. The van der Waals surface area contributed by atoms with E-state index in [0.29, 0.717) is 32.6 Å². The van der Waals surface area contributed by atoms with E-state index in [1.807, 2.05) is 12.1 Å². The molecule has 1 amide bonds. The lowest BCUT2D eigenvalue weighted by Crippen LogP contribution is -2.46. The molecule has 138 valence electrons. The third-order valence-corrected chi connectivity index (χ3v) is 5.70. The van der Waals surface area contributed by atoms with Crippen LogP contribution >= 0.6 is 0 Å². The van der Waals surface area contributed by atoms with Gasteiger partial charge in [-0.1, -0.05) is 18.6 Å². The second-order valence-electron chi connectivity index (χ2n) is 7.40. The van der Waals surface area contributed by atoms with Crippen molar-refractivity contribution in [3.63, 3.8) is 0 Å². The minimum atomic E-state index is -0.481. The van der Waals surface area contributed by atoms with E-state index in [9.17, 15) is 4.79 Å². The van der Waals surface area contributed by atoms with Gasteiger partial charge in [0.05, 0.1) is 5.41 Å². The fraction of sp³-hybridized carbons (Fsp3) is 0.650. The first-order valence-electron chi connectivity index (χ1n) is 9.62. The van der Waals surface area contributed by atoms with Crippen LogP contribution in [0, 0.1) is 5.41 Å². The fourth-order valence-corrected chi connectivity index (χ4v) is 3.77. The van der Waals surface area contributed by atoms with E-state index < -0.39 is 5.41 Å². The van der Waals surface area contributed by atoms with Gasteiger partial charge in [-0.2, -0.15) is 0 Å². The molecule has 2 aliphatic heterocycles. The Hall–Kier alpha value is -1.43. The molecule has 1 aromatic carbocycles. The van der Waals surface area contributed by atoms with Crippen LogP contribution in [-0.4, -0.2) is 50.2 Å². The molecular weight excluding hydrogens is 314 g/mol. The molecule has 0 aliphatic carbocycles. The molecule has 3 N–H and O–H groups in total. The van der Waals surface area contributed by atoms with E-state index in [1.165, 1.54) is 37.9 Å². The second-order valence-corrected chi connectivity index (χ2v) is 7.40. The summed E-state index contributed by atoms with van der Waals surface area (Å²) in [5.41, 5.74) is 7.60. The number of piperidine rings is 1. The topological polar surface area (TPSA) is 67.6 Å². The highest BCUT2D eigenvalue weighted by molar-refractivity contribution is 5.95. The van der Waals surface area contributed by atoms with Gasteiger partial charge in [-0.25, -0.2) is 0 Å². The number of nitrogens with two attached hydrogens (primary N) is 1. The maximum atomic E-state index is 12.7. The molecular formula is C20H31N3O2. The minimum Gasteiger partial charge on any atom is -0.381 e. The van der Waals surface area contributed by atoms with E-state index in [0.717, 1.165) is 18.7 Å². The summed E-state index contributed by atoms with van der Waals surface area (Å²) < 4.78 is 5.38. The van der Waals surface area contributed by atoms with Gasteiger partial charge < -0.3 is 20.7 Å². The van der Waals surface area contributed by atoms with Crippen molar-refractivity contribution in [3.8, 4) is 0 Å². The van der Waals surface area contributed by atoms with Crippen molar-refractivity contribution in [3.05, 3.63) is 29.8 Å². The predicted octanol–water partition coefficient (Wildman–Crippen LogP) is 2.41. The molecule has 2 heterocycles. The van der Waals surface area contributed by atoms with Crippen LogP contribution in [-0.2, 0) is 16.0 Å². The molecule has 1 aromatic rings. The van der Waals surface area contributed by atoms with Crippen molar-refractivity contribution in [2.75, 3.05) is 44.7 Å². The Labute approximate surface area is 150 Å². The summed E-state index contributed by atoms with van der Waals surface area (Å²) in [6.07, 6.45) is 6.50. The van der Waals surface area contributed by atoms with Gasteiger partial charge in [-0.15, -0.1) is 0 Å². The molecule has 0 atom stereocenters. The zero-order valence-electron chi connectivity index (χ0n) is 15.1. The zero-order valence-corrected chi connectivity index (χ0v) is 15.1. The Balaban J connectivity index is 1.52. The number of hydrogen-bond acceptors (Lipinski definition) is 4. The molecule has 0 radical (unpaired) electrons. The van der Waals surface area contributed by atoms with Gasteiger partial charge >= 0.3 is 0 Å². The van der Waals surface area contributed by atoms with Crippen molar-refractivity contribution in [1.29, 1.82) is 0 Å². The maximum absolute atomic E-state index is 12.7. The average molecular weight is 345 g/mol. The smallest absolute Gasteiger partial charge is 0.232 e. The lowest BCUT2D eigenvalue weighted by molar-refractivity contribution is -0.130. The molecule has 5 nitrogen and oxygen atoms in total. The van der Waals surface area contributed by atoms with Gasteiger partial charge in [0.2, 0.25) is 5.91 Å². The van der Waals surface area contributed by atoms with E-state index in [1.54, 1.807) is 0 Å². The van der Waals surface area contributed by atoms with Crippen LogP contribution in [0.4, 0.5) is 5.69 Å². The summed E-state index contributed by atoms with van der Waals surface area (Å²) in [5.74, 6) is 0.0272. The van der Waals surface area contributed by atoms with Crippen LogP contribution in [0.5, 0.6) is 0 Å². The summed E-state index contributed by atoms with van der Waals surface area (Å²) in [6, 6.07) is 8.26. The number of rotatable bonds is 6. The number of anilines is 1. The number of ether oxygens (including phenoxy) is 1. The molecule has 2 fully saturated rings. The molecule has 0 aromatic heterocycles. The van der Waals surface area contributed by atoms with Crippen molar-refractivity contribution >= 4 is 11.6 Å². The fourth-order valence-electron chi connectivity index (χ4n) is 3.77. The Bertz CT molecular complexity index is 547. The first-order valence-corrected chi connectivity index (χ1v) is 9.62. The third kappa shape index (κ3) is 4.81. The van der Waals surface area contributed by atoms with Crippen LogP contribution in [0.3, 0.4) is 0 Å². The molecule has 0 saturated carbocycles. The summed E-state index contributed by atoms with van der Waals surface area (Å²) in [4.78, 5) is 15.2. The van der Waals surface area contributed by atoms with Gasteiger partial charge in [0.15, 0.2) is 0 Å². The number of likely N-dealkylation sites (tertiary alicyclic amines) is 1. The van der Waals surface area contributed by atoms with Gasteiger partial charge in [-0.3, -0.25) is 4.79 Å². The normalized spacial score (nSPS) is 21.0. The van der Waals surface area contributed by atoms with Crippen molar-refractivity contribution < 1.29 is 9.53 Å². The zero-order chi connectivity index (χ0) is 17.5. The summed E-state index contributed by atoms with van der Waals surface area (Å²) in [7, 11) is 0. The molecule has 25 heavy (non-hydrogen) atoms. The van der Waals surface area contributed by atoms with Gasteiger partial charge in [-0.05, 0) is 62.9 Å². The molecule has 0 spiro atoms. The summed E-state index contributed by atoms with van der Waals surface area (Å²) >= 11 is 0. The van der Waals surface area contributed by atoms with Crippen molar-refractivity contribution in [2.45, 2.75) is 38.5 Å². The molecule has 2 aliphatic rings. The number of carbonyl (C=O) groups excluding carboxylic acids is 1. The Morgan fingerprint density at radius 3 is 2.44 bits per heavy atom. The Morgan fingerprint density at radius 2 is 1.80 bits per heavy atom. The third-order valence-electron chi connectivity index (χ3n) is 5.70. The average Bonchev–Trinajstić information content (AvgIpc) is 2.68. The number of nitrogens with zero attached hydrogens (tertiary/aromatic N) is 1. The first kappa shape index (κ1) is 18.4. The SMILES string of the molecule is NCC1(C(=O)Nc2ccc(CCN3CCCCC3)cc2)CCOCC1. The molecule has 0 bridgehead atoms. The quantitative estimate of drug-likeness (QED) is 0.831. The molecule has 3 rings (SSSR count). The predicted molar refractivity (Wildman–Crippen MR) is 101 cm³/mol. The van der Waals surface area contributed by atoms with Crippen LogP contribution in [0.25, 0.3) is 0 Å². The highest BCUT2D eigenvalue weighted by atomic mass is 16.5. The second kappa shape index (κ2) is 8.79. The monoisotopic (exact) mass is 345 g/mol. The van der Waals surface area contributed by atoms with E-state index >= 15 is 0 Å². The summed E-state index contributed by atoms with van der Waals surface area (Å²) in [6.45, 7) is 5.19. The van der Waals surface area contributed by atoms with Crippen LogP contribution in [0.2, 0.25) is 0 Å². The number of carbonyl (C=O) groups is 1. The van der Waals surface area contributed by atoms with Gasteiger partial charge in [0, 0.05) is 32.0 Å². The number of benzene rings is 1. The van der Waals surface area contributed by atoms with Crippen LogP contribution in [0.1, 0.15) is 37.7 Å². The van der Waals surface area contributed by atoms with E-state index in [-0.39, 0.29) is 5.91 Å². The summed E-state index contributed by atoms with van der Waals surface area (Å²) in [5, 5.41) is 3.05.